The first-order valence-corrected chi connectivity index (χ1v) is 11.7. The second-order valence-corrected chi connectivity index (χ2v) is 8.52. The van der Waals surface area contributed by atoms with Crippen LogP contribution in [0, 0.1) is 0 Å². The maximum absolute atomic E-state index is 5.66. The van der Waals surface area contributed by atoms with E-state index in [9.17, 15) is 0 Å². The molecule has 0 spiro atoms. The summed E-state index contributed by atoms with van der Waals surface area (Å²) in [6.07, 6.45) is 9.93. The minimum atomic E-state index is 0. The summed E-state index contributed by atoms with van der Waals surface area (Å²) in [6, 6.07) is 0. The fraction of sp³-hybridized carbons (Fsp3) is 0.955. The Morgan fingerprint density at radius 3 is 2.31 bits per heavy atom. The van der Waals surface area contributed by atoms with Crippen LogP contribution in [-0.2, 0) is 4.74 Å². The Hall–Kier alpha value is -0.120. The lowest BCUT2D eigenvalue weighted by atomic mass is 9.84. The average Bonchev–Trinajstić information content (AvgIpc) is 2.73. The normalized spacial score (nSPS) is 20.9. The number of hydrogen-bond acceptors (Lipinski definition) is 4. The molecule has 2 N–H and O–H groups in total. The maximum Gasteiger partial charge on any atom is 0.191 e. The van der Waals surface area contributed by atoms with E-state index in [1.54, 1.807) is 0 Å². The molecule has 0 saturated carbocycles. The third kappa shape index (κ3) is 9.70. The van der Waals surface area contributed by atoms with Gasteiger partial charge in [-0.25, -0.2) is 0 Å². The van der Waals surface area contributed by atoms with Gasteiger partial charge in [0, 0.05) is 31.8 Å². The van der Waals surface area contributed by atoms with Gasteiger partial charge >= 0.3 is 0 Å². The Balaban J connectivity index is 0.00000420. The first kappa shape index (κ1) is 26.9. The zero-order valence-electron chi connectivity index (χ0n) is 19.2. The highest BCUT2D eigenvalue weighted by Gasteiger charge is 2.39. The van der Waals surface area contributed by atoms with E-state index >= 15 is 0 Å². The minimum absolute atomic E-state index is 0. The number of rotatable bonds is 11. The fourth-order valence-electron chi connectivity index (χ4n) is 4.27. The Kier molecular flexibility index (Phi) is 14.5. The van der Waals surface area contributed by atoms with Crippen LogP contribution in [-0.4, -0.2) is 87.4 Å². The van der Waals surface area contributed by atoms with Gasteiger partial charge in [-0.2, -0.15) is 0 Å². The van der Waals surface area contributed by atoms with Gasteiger partial charge in [-0.3, -0.25) is 9.89 Å². The van der Waals surface area contributed by atoms with Crippen LogP contribution in [0.25, 0.3) is 0 Å². The summed E-state index contributed by atoms with van der Waals surface area (Å²) in [4.78, 5) is 10.3. The Morgan fingerprint density at radius 2 is 1.66 bits per heavy atom. The lowest BCUT2D eigenvalue weighted by Gasteiger charge is -2.49. The van der Waals surface area contributed by atoms with Crippen LogP contribution in [0.3, 0.4) is 0 Å². The standard InChI is InChI=1S/C22H45N5O.HI/c1-4-6-18-28-19-10-13-24-21(23-5-2)25-20-22(11-16-26(3)17-12-22)27-14-8-7-9-15-27;/h4-20H2,1-3H3,(H2,23,24,25);1H. The second kappa shape index (κ2) is 15.6. The van der Waals surface area contributed by atoms with Crippen LogP contribution >= 0.6 is 24.0 Å². The predicted molar refractivity (Wildman–Crippen MR) is 135 cm³/mol. The van der Waals surface area contributed by atoms with Crippen molar-refractivity contribution in [1.82, 2.24) is 20.4 Å². The van der Waals surface area contributed by atoms with E-state index in [0.29, 0.717) is 0 Å². The number of unbranched alkanes of at least 4 members (excludes halogenated alkanes) is 1. The molecule has 2 aliphatic rings. The van der Waals surface area contributed by atoms with Crippen molar-refractivity contribution in [1.29, 1.82) is 0 Å². The van der Waals surface area contributed by atoms with Crippen molar-refractivity contribution in [3.8, 4) is 0 Å². The summed E-state index contributed by atoms with van der Waals surface area (Å²) in [6.45, 7) is 13.6. The number of nitrogens with one attached hydrogen (secondary N) is 2. The van der Waals surface area contributed by atoms with Crippen molar-refractivity contribution in [2.45, 2.75) is 70.8 Å². The van der Waals surface area contributed by atoms with Crippen molar-refractivity contribution in [2.24, 2.45) is 4.99 Å². The van der Waals surface area contributed by atoms with Crippen LogP contribution in [0.1, 0.15) is 65.2 Å². The molecule has 0 aromatic rings. The molecule has 0 amide bonds. The van der Waals surface area contributed by atoms with Crippen molar-refractivity contribution < 1.29 is 4.74 Å². The molecule has 0 aromatic carbocycles. The molecule has 2 fully saturated rings. The zero-order valence-corrected chi connectivity index (χ0v) is 21.5. The van der Waals surface area contributed by atoms with E-state index in [2.05, 4.69) is 41.3 Å². The van der Waals surface area contributed by atoms with Gasteiger partial charge in [0.2, 0.25) is 0 Å². The molecule has 2 heterocycles. The first-order chi connectivity index (χ1) is 13.7. The van der Waals surface area contributed by atoms with Crippen LogP contribution < -0.4 is 10.6 Å². The molecule has 2 rings (SSSR count). The zero-order chi connectivity index (χ0) is 20.1. The van der Waals surface area contributed by atoms with Crippen LogP contribution in [0.5, 0.6) is 0 Å². The minimum Gasteiger partial charge on any atom is -0.381 e. The molecule has 0 radical (unpaired) electrons. The summed E-state index contributed by atoms with van der Waals surface area (Å²) in [5, 5.41) is 6.94. The Bertz CT molecular complexity index is 435. The van der Waals surface area contributed by atoms with Gasteiger partial charge in [0.15, 0.2) is 5.96 Å². The number of likely N-dealkylation sites (tertiary alicyclic amines) is 2. The molecule has 7 heteroatoms. The largest absolute Gasteiger partial charge is 0.381 e. The highest BCUT2D eigenvalue weighted by molar-refractivity contribution is 14.0. The molecule has 0 atom stereocenters. The van der Waals surface area contributed by atoms with E-state index in [4.69, 9.17) is 9.73 Å². The number of guanidine groups is 1. The van der Waals surface area contributed by atoms with Crippen molar-refractivity contribution in [2.75, 3.05) is 66.1 Å². The fourth-order valence-corrected chi connectivity index (χ4v) is 4.27. The molecule has 29 heavy (non-hydrogen) atoms. The van der Waals surface area contributed by atoms with E-state index in [1.807, 2.05) is 0 Å². The smallest absolute Gasteiger partial charge is 0.191 e. The maximum atomic E-state index is 5.66. The first-order valence-electron chi connectivity index (χ1n) is 11.7. The van der Waals surface area contributed by atoms with Gasteiger partial charge in [-0.15, -0.1) is 24.0 Å². The molecule has 0 unspecified atom stereocenters. The summed E-state index contributed by atoms with van der Waals surface area (Å²) in [5.41, 5.74) is 0.249. The topological polar surface area (TPSA) is 52.1 Å². The number of nitrogens with zero attached hydrogens (tertiary/aromatic N) is 3. The van der Waals surface area contributed by atoms with Gasteiger partial charge < -0.3 is 20.3 Å². The Morgan fingerprint density at radius 1 is 0.966 bits per heavy atom. The lowest BCUT2D eigenvalue weighted by Crippen LogP contribution is -2.58. The van der Waals surface area contributed by atoms with E-state index in [0.717, 1.165) is 51.6 Å². The summed E-state index contributed by atoms with van der Waals surface area (Å²) in [7, 11) is 2.25. The van der Waals surface area contributed by atoms with E-state index in [1.165, 1.54) is 64.7 Å². The number of hydrogen-bond donors (Lipinski definition) is 2. The van der Waals surface area contributed by atoms with Crippen molar-refractivity contribution in [3.63, 3.8) is 0 Å². The molecular weight excluding hydrogens is 477 g/mol. The third-order valence-electron chi connectivity index (χ3n) is 6.22. The van der Waals surface area contributed by atoms with Crippen LogP contribution in [0.15, 0.2) is 4.99 Å². The van der Waals surface area contributed by atoms with Crippen LogP contribution in [0.4, 0.5) is 0 Å². The molecular formula is C22H46IN5O. The van der Waals surface area contributed by atoms with Crippen LogP contribution in [0.2, 0.25) is 0 Å². The molecule has 172 valence electrons. The van der Waals surface area contributed by atoms with E-state index < -0.39 is 0 Å². The molecule has 2 saturated heterocycles. The summed E-state index contributed by atoms with van der Waals surface area (Å²) >= 11 is 0. The van der Waals surface area contributed by atoms with Crippen molar-refractivity contribution >= 4 is 29.9 Å². The van der Waals surface area contributed by atoms with Gasteiger partial charge in [-0.05, 0) is 78.7 Å². The molecule has 2 aliphatic heterocycles. The summed E-state index contributed by atoms with van der Waals surface area (Å²) < 4.78 is 5.66. The lowest BCUT2D eigenvalue weighted by molar-refractivity contribution is 0.0208. The quantitative estimate of drug-likeness (QED) is 0.188. The van der Waals surface area contributed by atoms with Crippen molar-refractivity contribution in [3.05, 3.63) is 0 Å². The highest BCUT2D eigenvalue weighted by Crippen LogP contribution is 2.31. The SMILES string of the molecule is CCCCOCCCNC(=NCC1(N2CCCCC2)CCN(C)CC1)NCC.I. The van der Waals surface area contributed by atoms with E-state index in [-0.39, 0.29) is 29.5 Å². The number of halogens is 1. The van der Waals surface area contributed by atoms with Gasteiger partial charge in [0.1, 0.15) is 0 Å². The summed E-state index contributed by atoms with van der Waals surface area (Å²) in [5.74, 6) is 0.964. The second-order valence-electron chi connectivity index (χ2n) is 8.52. The number of piperidine rings is 2. The average molecular weight is 524 g/mol. The molecule has 0 aliphatic carbocycles. The van der Waals surface area contributed by atoms with Gasteiger partial charge in [0.25, 0.3) is 0 Å². The Labute approximate surface area is 196 Å². The predicted octanol–water partition coefficient (Wildman–Crippen LogP) is 3.32. The number of ether oxygens (including phenoxy) is 1. The third-order valence-corrected chi connectivity index (χ3v) is 6.22. The molecule has 0 bridgehead atoms. The number of aliphatic imine (C=N–C) groups is 1. The highest BCUT2D eigenvalue weighted by atomic mass is 127. The molecule has 6 nitrogen and oxygen atoms in total. The molecule has 0 aromatic heterocycles. The van der Waals surface area contributed by atoms with Gasteiger partial charge in [0.05, 0.1) is 6.54 Å². The van der Waals surface area contributed by atoms with Gasteiger partial charge in [-0.1, -0.05) is 19.8 Å². The monoisotopic (exact) mass is 523 g/mol.